The number of rotatable bonds is 1. The number of fused-ring (bicyclic) bond motifs is 1. The van der Waals surface area contributed by atoms with Crippen LogP contribution in [0.25, 0.3) is 16.7 Å². The quantitative estimate of drug-likeness (QED) is 0.729. The highest BCUT2D eigenvalue weighted by Gasteiger charge is 2.18. The van der Waals surface area contributed by atoms with E-state index in [1.165, 1.54) is 6.33 Å². The fraction of sp³-hybridized carbons (Fsp3) is 0.200. The largest absolute Gasteiger partial charge is 0.383 e. The average Bonchev–Trinajstić information content (AvgIpc) is 2.68. The van der Waals surface area contributed by atoms with Gasteiger partial charge in [0.15, 0.2) is 5.65 Å². The first-order valence-electron chi connectivity index (χ1n) is 6.46. The zero-order valence-corrected chi connectivity index (χ0v) is 13.4. The average molecular weight is 321 g/mol. The lowest BCUT2D eigenvalue weighted by Crippen LogP contribution is -2.00. The number of aromatic nitrogens is 3. The second kappa shape index (κ2) is 4.90. The maximum atomic E-state index is 6.40. The highest BCUT2D eigenvalue weighted by atomic mass is 35.5. The second-order valence-corrected chi connectivity index (χ2v) is 5.87. The van der Waals surface area contributed by atoms with Gasteiger partial charge in [-0.05, 0) is 44.0 Å². The molecule has 2 heterocycles. The molecule has 0 atom stereocenters. The van der Waals surface area contributed by atoms with E-state index >= 15 is 0 Å². The molecule has 0 aliphatic rings. The number of halogens is 2. The molecule has 3 rings (SSSR count). The Kier molecular flexibility index (Phi) is 3.30. The highest BCUT2D eigenvalue weighted by Crippen LogP contribution is 2.34. The van der Waals surface area contributed by atoms with E-state index in [1.54, 1.807) is 0 Å². The molecule has 0 bridgehead atoms. The van der Waals surface area contributed by atoms with Crippen LogP contribution in [0.1, 0.15) is 16.8 Å². The molecule has 1 aromatic carbocycles. The third-order valence-electron chi connectivity index (χ3n) is 3.79. The van der Waals surface area contributed by atoms with Gasteiger partial charge >= 0.3 is 0 Å². The SMILES string of the molecule is Cc1cc(Cl)c(-n2c(C)c(C)c3c(N)ncnc32)cc1Cl. The molecule has 0 fully saturated rings. The standard InChI is InChI=1S/C15H14Cl2N4/c1-7-4-11(17)12(5-10(7)16)21-9(3)8(2)13-14(18)19-6-20-15(13)21/h4-6H,1-3H3,(H2,18,19,20). The number of nitrogens with two attached hydrogens (primary N) is 1. The predicted molar refractivity (Wildman–Crippen MR) is 87.5 cm³/mol. The zero-order valence-electron chi connectivity index (χ0n) is 11.9. The van der Waals surface area contributed by atoms with Crippen molar-refractivity contribution < 1.29 is 0 Å². The fourth-order valence-electron chi connectivity index (χ4n) is 2.53. The molecule has 0 aliphatic heterocycles. The van der Waals surface area contributed by atoms with Gasteiger partial charge in [-0.1, -0.05) is 23.2 Å². The molecule has 0 saturated carbocycles. The highest BCUT2D eigenvalue weighted by molar-refractivity contribution is 6.35. The molecule has 0 spiro atoms. The van der Waals surface area contributed by atoms with Crippen molar-refractivity contribution in [2.75, 3.05) is 5.73 Å². The van der Waals surface area contributed by atoms with Crippen LogP contribution in [0, 0.1) is 20.8 Å². The fourth-order valence-corrected chi connectivity index (χ4v) is 2.99. The van der Waals surface area contributed by atoms with Crippen LogP contribution in [-0.4, -0.2) is 14.5 Å². The van der Waals surface area contributed by atoms with Gasteiger partial charge in [0, 0.05) is 10.7 Å². The lowest BCUT2D eigenvalue weighted by atomic mass is 10.2. The minimum absolute atomic E-state index is 0.466. The predicted octanol–water partition coefficient (Wildman–Crippen LogP) is 4.23. The van der Waals surface area contributed by atoms with Gasteiger partial charge in [0.2, 0.25) is 0 Å². The lowest BCUT2D eigenvalue weighted by molar-refractivity contribution is 1.01. The van der Waals surface area contributed by atoms with Crippen LogP contribution in [0.3, 0.4) is 0 Å². The first kappa shape index (κ1) is 14.2. The Labute approximate surface area is 132 Å². The summed E-state index contributed by atoms with van der Waals surface area (Å²) in [5.41, 5.74) is 10.5. The molecule has 2 N–H and O–H groups in total. The van der Waals surface area contributed by atoms with E-state index in [2.05, 4.69) is 9.97 Å². The normalized spacial score (nSPS) is 11.3. The van der Waals surface area contributed by atoms with Crippen LogP contribution in [0.5, 0.6) is 0 Å². The molecule has 0 radical (unpaired) electrons. The number of hydrogen-bond acceptors (Lipinski definition) is 3. The van der Waals surface area contributed by atoms with Gasteiger partial charge in [0.25, 0.3) is 0 Å². The second-order valence-electron chi connectivity index (χ2n) is 5.06. The molecule has 0 amide bonds. The van der Waals surface area contributed by atoms with Crippen molar-refractivity contribution in [3.05, 3.63) is 45.3 Å². The summed E-state index contributed by atoms with van der Waals surface area (Å²) in [5.74, 6) is 0.466. The first-order chi connectivity index (χ1) is 9.91. The molecule has 0 saturated heterocycles. The maximum absolute atomic E-state index is 6.40. The van der Waals surface area contributed by atoms with E-state index < -0.39 is 0 Å². The molecule has 3 aromatic rings. The number of aryl methyl sites for hydroxylation is 2. The van der Waals surface area contributed by atoms with Crippen molar-refractivity contribution in [3.8, 4) is 5.69 Å². The summed E-state index contributed by atoms with van der Waals surface area (Å²) in [6.07, 6.45) is 1.46. The van der Waals surface area contributed by atoms with Crippen molar-refractivity contribution in [3.63, 3.8) is 0 Å². The maximum Gasteiger partial charge on any atom is 0.150 e. The zero-order chi connectivity index (χ0) is 15.3. The molecule has 21 heavy (non-hydrogen) atoms. The van der Waals surface area contributed by atoms with Crippen LogP contribution in [0.15, 0.2) is 18.5 Å². The summed E-state index contributed by atoms with van der Waals surface area (Å²) in [6.45, 7) is 5.92. The molecule has 108 valence electrons. The van der Waals surface area contributed by atoms with Gasteiger partial charge < -0.3 is 5.73 Å². The topological polar surface area (TPSA) is 56.7 Å². The number of benzene rings is 1. The molecular formula is C15H14Cl2N4. The number of nitrogen functional groups attached to an aromatic ring is 1. The molecule has 6 heteroatoms. The van der Waals surface area contributed by atoms with E-state index in [-0.39, 0.29) is 0 Å². The molecule has 0 aliphatic carbocycles. The summed E-state index contributed by atoms with van der Waals surface area (Å²) in [4.78, 5) is 8.43. The molecule has 0 unspecified atom stereocenters. The van der Waals surface area contributed by atoms with Crippen molar-refractivity contribution in [2.24, 2.45) is 0 Å². The van der Waals surface area contributed by atoms with E-state index in [9.17, 15) is 0 Å². The van der Waals surface area contributed by atoms with Gasteiger partial charge in [0.1, 0.15) is 12.1 Å². The van der Waals surface area contributed by atoms with Gasteiger partial charge in [-0.15, -0.1) is 0 Å². The monoisotopic (exact) mass is 320 g/mol. The van der Waals surface area contributed by atoms with E-state index in [0.29, 0.717) is 15.9 Å². The number of hydrogen-bond donors (Lipinski definition) is 1. The van der Waals surface area contributed by atoms with Crippen molar-refractivity contribution in [1.82, 2.24) is 14.5 Å². The number of anilines is 1. The Bertz CT molecular complexity index is 868. The van der Waals surface area contributed by atoms with Crippen molar-refractivity contribution in [1.29, 1.82) is 0 Å². The van der Waals surface area contributed by atoms with E-state index in [1.807, 2.05) is 37.5 Å². The van der Waals surface area contributed by atoms with Gasteiger partial charge in [-0.3, -0.25) is 4.57 Å². The van der Waals surface area contributed by atoms with Crippen LogP contribution >= 0.6 is 23.2 Å². The molecular weight excluding hydrogens is 307 g/mol. The van der Waals surface area contributed by atoms with Gasteiger partial charge in [0.05, 0.1) is 16.1 Å². The smallest absolute Gasteiger partial charge is 0.150 e. The summed E-state index contributed by atoms with van der Waals surface area (Å²) < 4.78 is 1.97. The first-order valence-corrected chi connectivity index (χ1v) is 7.21. The summed E-state index contributed by atoms with van der Waals surface area (Å²) in [7, 11) is 0. The minimum atomic E-state index is 0.466. The van der Waals surface area contributed by atoms with Gasteiger partial charge in [-0.2, -0.15) is 0 Å². The molecule has 2 aromatic heterocycles. The van der Waals surface area contributed by atoms with Crippen molar-refractivity contribution >= 4 is 40.1 Å². The lowest BCUT2D eigenvalue weighted by Gasteiger charge is -2.12. The van der Waals surface area contributed by atoms with E-state index in [4.69, 9.17) is 28.9 Å². The summed E-state index contributed by atoms with van der Waals surface area (Å²) in [6, 6.07) is 3.70. The Hall–Kier alpha value is -1.78. The number of nitrogens with zero attached hydrogens (tertiary/aromatic N) is 3. The van der Waals surface area contributed by atoms with Crippen LogP contribution in [0.2, 0.25) is 10.0 Å². The minimum Gasteiger partial charge on any atom is -0.383 e. The van der Waals surface area contributed by atoms with E-state index in [0.717, 1.165) is 33.5 Å². The van der Waals surface area contributed by atoms with Crippen LogP contribution in [0.4, 0.5) is 5.82 Å². The Morgan fingerprint density at radius 1 is 1.05 bits per heavy atom. The third-order valence-corrected chi connectivity index (χ3v) is 4.50. The Balaban J connectivity index is 2.44. The van der Waals surface area contributed by atoms with Crippen molar-refractivity contribution in [2.45, 2.75) is 20.8 Å². The van der Waals surface area contributed by atoms with Crippen LogP contribution in [-0.2, 0) is 0 Å². The Morgan fingerprint density at radius 2 is 1.76 bits per heavy atom. The van der Waals surface area contributed by atoms with Gasteiger partial charge in [-0.25, -0.2) is 9.97 Å². The Morgan fingerprint density at radius 3 is 2.48 bits per heavy atom. The molecule has 4 nitrogen and oxygen atoms in total. The summed E-state index contributed by atoms with van der Waals surface area (Å²) >= 11 is 12.7. The third kappa shape index (κ3) is 2.06. The van der Waals surface area contributed by atoms with Crippen LogP contribution < -0.4 is 5.73 Å². The summed E-state index contributed by atoms with van der Waals surface area (Å²) in [5, 5.41) is 2.13.